The van der Waals surface area contributed by atoms with Gasteiger partial charge in [-0.1, -0.05) is 6.92 Å². The molecule has 0 spiro atoms. The van der Waals surface area contributed by atoms with Gasteiger partial charge in [0.2, 0.25) is 0 Å². The molecular weight excluding hydrogens is 253 g/mol. The second-order valence-corrected chi connectivity index (χ2v) is 4.43. The quantitative estimate of drug-likeness (QED) is 0.871. The molecule has 102 valence electrons. The van der Waals surface area contributed by atoms with E-state index < -0.39 is 24.7 Å². The van der Waals surface area contributed by atoms with Gasteiger partial charge in [-0.05, 0) is 12.1 Å². The van der Waals surface area contributed by atoms with Gasteiger partial charge in [-0.15, -0.1) is 0 Å². The van der Waals surface area contributed by atoms with Gasteiger partial charge < -0.3 is 15.2 Å². The van der Waals surface area contributed by atoms with Gasteiger partial charge in [0.1, 0.15) is 18.5 Å². The molecule has 6 heteroatoms. The summed E-state index contributed by atoms with van der Waals surface area (Å²) in [5.74, 6) is -1.60. The van der Waals surface area contributed by atoms with E-state index in [-0.39, 0.29) is 22.8 Å². The van der Waals surface area contributed by atoms with Crippen molar-refractivity contribution in [1.82, 2.24) is 5.32 Å². The summed E-state index contributed by atoms with van der Waals surface area (Å²) in [4.78, 5) is 22.8. The van der Waals surface area contributed by atoms with E-state index in [2.05, 4.69) is 5.32 Å². The highest BCUT2D eigenvalue weighted by atomic mass is 19.1. The minimum absolute atomic E-state index is 0.00712. The molecule has 0 radical (unpaired) electrons. The van der Waals surface area contributed by atoms with E-state index in [1.54, 1.807) is 6.92 Å². The Hall–Kier alpha value is -2.11. The summed E-state index contributed by atoms with van der Waals surface area (Å²) in [6.45, 7) is 1.06. The lowest BCUT2D eigenvalue weighted by Gasteiger charge is -2.10. The zero-order chi connectivity index (χ0) is 14.2. The predicted molar refractivity (Wildman–Crippen MR) is 65.6 cm³/mol. The number of rotatable bonds is 3. The van der Waals surface area contributed by atoms with Crippen LogP contribution in [0.2, 0.25) is 0 Å². The molecule has 2 N–H and O–H groups in total. The van der Waals surface area contributed by atoms with Gasteiger partial charge in [-0.3, -0.25) is 4.79 Å². The maximum absolute atomic E-state index is 12.8. The lowest BCUT2D eigenvalue weighted by Crippen LogP contribution is -2.21. The summed E-state index contributed by atoms with van der Waals surface area (Å²) in [5.41, 5.74) is 0.675. The Bertz CT molecular complexity index is 544. The molecule has 19 heavy (non-hydrogen) atoms. The van der Waals surface area contributed by atoms with Crippen molar-refractivity contribution >= 4 is 11.9 Å². The molecule has 0 aliphatic carbocycles. The van der Waals surface area contributed by atoms with Crippen molar-refractivity contribution in [3.05, 3.63) is 28.8 Å². The third-order valence-corrected chi connectivity index (χ3v) is 3.31. The number of benzene rings is 1. The summed E-state index contributed by atoms with van der Waals surface area (Å²) < 4.78 is 18.3. The number of amides is 1. The normalized spacial score (nSPS) is 20.6. The number of carboxylic acids is 1. The standard InChI is InChI=1S/C13H14FNO4/c1-6-8-3-7(13(17)18)4-9(12(16)15-2)11(8)19-10(6)5-14/h3-4,6,10H,5H2,1-2H3,(H,15,16)(H,17,18)/t6-,10+/m0/s1. The molecule has 2 rings (SSSR count). The first-order chi connectivity index (χ1) is 8.99. The molecule has 0 unspecified atom stereocenters. The SMILES string of the molecule is CNC(=O)c1cc(C(=O)O)cc2c1O[C@H](CF)[C@H]2C. The summed E-state index contributed by atoms with van der Waals surface area (Å²) in [7, 11) is 1.44. The van der Waals surface area contributed by atoms with E-state index in [4.69, 9.17) is 9.84 Å². The second kappa shape index (κ2) is 4.87. The summed E-state index contributed by atoms with van der Waals surface area (Å²) in [6, 6.07) is 2.68. The van der Waals surface area contributed by atoms with Gasteiger partial charge in [-0.25, -0.2) is 9.18 Å². The number of nitrogens with one attached hydrogen (secondary N) is 1. The number of fused-ring (bicyclic) bond motifs is 1. The van der Waals surface area contributed by atoms with E-state index in [1.165, 1.54) is 19.2 Å². The fraction of sp³-hybridized carbons (Fsp3) is 0.385. The van der Waals surface area contributed by atoms with E-state index in [0.717, 1.165) is 0 Å². The molecule has 2 atom stereocenters. The molecule has 1 heterocycles. The Labute approximate surface area is 109 Å². The van der Waals surface area contributed by atoms with E-state index in [1.807, 2.05) is 0 Å². The Balaban J connectivity index is 2.60. The van der Waals surface area contributed by atoms with Gasteiger partial charge >= 0.3 is 5.97 Å². The largest absolute Gasteiger partial charge is 0.486 e. The molecule has 0 bridgehead atoms. The Morgan fingerprint density at radius 3 is 2.68 bits per heavy atom. The van der Waals surface area contributed by atoms with Crippen LogP contribution in [0, 0.1) is 0 Å². The Morgan fingerprint density at radius 2 is 2.16 bits per heavy atom. The third-order valence-electron chi connectivity index (χ3n) is 3.31. The van der Waals surface area contributed by atoms with Crippen LogP contribution in [0.5, 0.6) is 5.75 Å². The molecular formula is C13H14FNO4. The van der Waals surface area contributed by atoms with Gasteiger partial charge in [-0.2, -0.15) is 0 Å². The van der Waals surface area contributed by atoms with Crippen LogP contribution in [0.3, 0.4) is 0 Å². The van der Waals surface area contributed by atoms with Crippen molar-refractivity contribution in [2.45, 2.75) is 18.9 Å². The molecule has 0 saturated carbocycles. The van der Waals surface area contributed by atoms with E-state index >= 15 is 0 Å². The number of hydrogen-bond donors (Lipinski definition) is 2. The fourth-order valence-corrected chi connectivity index (χ4v) is 2.17. The zero-order valence-electron chi connectivity index (χ0n) is 10.6. The zero-order valence-corrected chi connectivity index (χ0v) is 10.6. The lowest BCUT2D eigenvalue weighted by atomic mass is 9.94. The number of halogens is 1. The Morgan fingerprint density at radius 1 is 1.47 bits per heavy atom. The highest BCUT2D eigenvalue weighted by molar-refractivity contribution is 6.00. The minimum Gasteiger partial charge on any atom is -0.486 e. The highest BCUT2D eigenvalue weighted by Gasteiger charge is 2.35. The number of carboxylic acid groups (broad SMARTS) is 1. The average Bonchev–Trinajstić information content (AvgIpc) is 2.73. The first-order valence-corrected chi connectivity index (χ1v) is 5.85. The van der Waals surface area contributed by atoms with Crippen molar-refractivity contribution in [3.8, 4) is 5.75 Å². The van der Waals surface area contributed by atoms with Gasteiger partial charge in [0.25, 0.3) is 5.91 Å². The minimum atomic E-state index is -1.14. The predicted octanol–water partition coefficient (Wildman–Crippen LogP) is 1.58. The highest BCUT2D eigenvalue weighted by Crippen LogP contribution is 2.41. The molecule has 5 nitrogen and oxygen atoms in total. The van der Waals surface area contributed by atoms with Crippen LogP contribution < -0.4 is 10.1 Å². The van der Waals surface area contributed by atoms with Crippen LogP contribution in [-0.2, 0) is 0 Å². The van der Waals surface area contributed by atoms with Crippen LogP contribution in [-0.4, -0.2) is 36.8 Å². The van der Waals surface area contributed by atoms with E-state index in [9.17, 15) is 14.0 Å². The van der Waals surface area contributed by atoms with Crippen LogP contribution >= 0.6 is 0 Å². The molecule has 1 aliphatic rings. The van der Waals surface area contributed by atoms with Crippen molar-refractivity contribution in [3.63, 3.8) is 0 Å². The van der Waals surface area contributed by atoms with Crippen molar-refractivity contribution in [1.29, 1.82) is 0 Å². The molecule has 0 fully saturated rings. The van der Waals surface area contributed by atoms with Crippen molar-refractivity contribution < 1.29 is 23.8 Å². The van der Waals surface area contributed by atoms with Crippen LogP contribution in [0.1, 0.15) is 39.1 Å². The first kappa shape index (κ1) is 13.3. The third kappa shape index (κ3) is 2.14. The number of hydrogen-bond acceptors (Lipinski definition) is 3. The number of alkyl halides is 1. The first-order valence-electron chi connectivity index (χ1n) is 5.85. The van der Waals surface area contributed by atoms with Gasteiger partial charge in [0.15, 0.2) is 0 Å². The Kier molecular flexibility index (Phi) is 3.42. The fourth-order valence-electron chi connectivity index (χ4n) is 2.17. The van der Waals surface area contributed by atoms with Gasteiger partial charge in [0.05, 0.1) is 11.1 Å². The maximum Gasteiger partial charge on any atom is 0.335 e. The summed E-state index contributed by atoms with van der Waals surface area (Å²) in [6.07, 6.45) is -0.678. The smallest absolute Gasteiger partial charge is 0.335 e. The van der Waals surface area contributed by atoms with Crippen LogP contribution in [0.4, 0.5) is 4.39 Å². The number of ether oxygens (including phenoxy) is 1. The molecule has 0 aromatic heterocycles. The second-order valence-electron chi connectivity index (χ2n) is 4.43. The number of carbonyl (C=O) groups excluding carboxylic acids is 1. The van der Waals surface area contributed by atoms with Crippen molar-refractivity contribution in [2.24, 2.45) is 0 Å². The summed E-state index contributed by atoms with van der Waals surface area (Å²) in [5, 5.41) is 11.5. The number of aromatic carboxylic acids is 1. The average molecular weight is 267 g/mol. The molecule has 1 amide bonds. The monoisotopic (exact) mass is 267 g/mol. The topological polar surface area (TPSA) is 75.6 Å². The number of carbonyl (C=O) groups is 2. The molecule has 0 saturated heterocycles. The van der Waals surface area contributed by atoms with Gasteiger partial charge in [0, 0.05) is 18.5 Å². The van der Waals surface area contributed by atoms with Crippen LogP contribution in [0.15, 0.2) is 12.1 Å². The van der Waals surface area contributed by atoms with Crippen molar-refractivity contribution in [2.75, 3.05) is 13.7 Å². The van der Waals surface area contributed by atoms with Crippen LogP contribution in [0.25, 0.3) is 0 Å². The summed E-state index contributed by atoms with van der Waals surface area (Å²) >= 11 is 0. The van der Waals surface area contributed by atoms with E-state index in [0.29, 0.717) is 5.56 Å². The molecule has 1 aromatic carbocycles. The lowest BCUT2D eigenvalue weighted by molar-refractivity contribution is 0.0696. The molecule has 1 aromatic rings. The maximum atomic E-state index is 12.8. The molecule has 1 aliphatic heterocycles.